The molecule has 4 rings (SSSR count). The zero-order chi connectivity index (χ0) is 15.9. The fraction of sp³-hybridized carbons (Fsp3) is 0.190. The molecule has 1 saturated carbocycles. The van der Waals surface area contributed by atoms with Crippen LogP contribution in [0.25, 0.3) is 10.8 Å². The van der Waals surface area contributed by atoms with Crippen LogP contribution in [0, 0.1) is 6.92 Å². The van der Waals surface area contributed by atoms with E-state index in [0.717, 1.165) is 24.0 Å². The summed E-state index contributed by atoms with van der Waals surface area (Å²) >= 11 is 0. The summed E-state index contributed by atoms with van der Waals surface area (Å²) in [6.07, 6.45) is 2.00. The van der Waals surface area contributed by atoms with Gasteiger partial charge in [-0.3, -0.25) is 4.79 Å². The van der Waals surface area contributed by atoms with Crippen LogP contribution in [0.4, 0.5) is 0 Å². The van der Waals surface area contributed by atoms with Gasteiger partial charge in [0.2, 0.25) is 0 Å². The minimum absolute atomic E-state index is 0.0131. The Morgan fingerprint density at radius 2 is 1.70 bits per heavy atom. The molecular formula is C21H19NO. The van der Waals surface area contributed by atoms with E-state index < -0.39 is 0 Å². The molecule has 1 amide bonds. The fourth-order valence-electron chi connectivity index (χ4n) is 3.31. The van der Waals surface area contributed by atoms with Gasteiger partial charge in [0, 0.05) is 5.56 Å². The maximum absolute atomic E-state index is 12.7. The molecule has 3 aromatic rings. The molecule has 0 atom stereocenters. The van der Waals surface area contributed by atoms with Gasteiger partial charge in [-0.25, -0.2) is 0 Å². The number of aryl methyl sites for hydroxylation is 1. The van der Waals surface area contributed by atoms with E-state index in [9.17, 15) is 4.79 Å². The van der Waals surface area contributed by atoms with Crippen LogP contribution in [0.2, 0.25) is 0 Å². The summed E-state index contributed by atoms with van der Waals surface area (Å²) in [5, 5.41) is 5.74. The van der Waals surface area contributed by atoms with Gasteiger partial charge < -0.3 is 5.32 Å². The molecule has 1 aliphatic rings. The van der Waals surface area contributed by atoms with Crippen molar-refractivity contribution in [2.24, 2.45) is 0 Å². The third kappa shape index (κ3) is 2.50. The van der Waals surface area contributed by atoms with Crippen LogP contribution in [0.5, 0.6) is 0 Å². The Morgan fingerprint density at radius 1 is 0.957 bits per heavy atom. The first-order chi connectivity index (χ1) is 11.2. The average Bonchev–Trinajstić information content (AvgIpc) is 3.35. The van der Waals surface area contributed by atoms with Crippen molar-refractivity contribution in [1.29, 1.82) is 0 Å². The number of carbonyl (C=O) groups excluding carboxylic acids is 1. The first-order valence-electron chi connectivity index (χ1n) is 8.05. The maximum Gasteiger partial charge on any atom is 0.251 e. The van der Waals surface area contributed by atoms with E-state index in [4.69, 9.17) is 0 Å². The predicted molar refractivity (Wildman–Crippen MR) is 93.5 cm³/mol. The van der Waals surface area contributed by atoms with Crippen molar-refractivity contribution < 1.29 is 4.79 Å². The van der Waals surface area contributed by atoms with E-state index in [1.54, 1.807) is 0 Å². The summed E-state index contributed by atoms with van der Waals surface area (Å²) in [6.45, 7) is 2.01. The number of nitrogens with one attached hydrogen (secondary N) is 1. The van der Waals surface area contributed by atoms with Crippen molar-refractivity contribution in [2.45, 2.75) is 25.3 Å². The molecule has 2 nitrogen and oxygen atoms in total. The second kappa shape index (κ2) is 5.24. The van der Waals surface area contributed by atoms with Gasteiger partial charge in [0.05, 0.1) is 5.54 Å². The topological polar surface area (TPSA) is 29.1 Å². The Kier molecular flexibility index (Phi) is 3.19. The van der Waals surface area contributed by atoms with E-state index in [1.807, 2.05) is 31.2 Å². The van der Waals surface area contributed by atoms with Crippen molar-refractivity contribution in [3.8, 4) is 0 Å². The molecule has 1 fully saturated rings. The minimum atomic E-state index is -0.207. The Morgan fingerprint density at radius 3 is 2.48 bits per heavy atom. The van der Waals surface area contributed by atoms with Crippen molar-refractivity contribution in [3.63, 3.8) is 0 Å². The molecule has 3 aromatic carbocycles. The molecular weight excluding hydrogens is 282 g/mol. The van der Waals surface area contributed by atoms with Crippen LogP contribution in [0.15, 0.2) is 66.7 Å². The van der Waals surface area contributed by atoms with Crippen LogP contribution >= 0.6 is 0 Å². The molecule has 0 aliphatic heterocycles. The lowest BCUT2D eigenvalue weighted by molar-refractivity contribution is 0.0931. The Hall–Kier alpha value is -2.61. The molecule has 0 aromatic heterocycles. The quantitative estimate of drug-likeness (QED) is 0.754. The SMILES string of the molecule is Cc1cccc(C(=O)NC2(c3cccc4ccccc34)CC2)c1. The van der Waals surface area contributed by atoms with E-state index in [2.05, 4.69) is 47.8 Å². The monoisotopic (exact) mass is 301 g/mol. The summed E-state index contributed by atoms with van der Waals surface area (Å²) in [4.78, 5) is 12.7. The summed E-state index contributed by atoms with van der Waals surface area (Å²) in [5.41, 5.74) is 2.86. The molecule has 1 aliphatic carbocycles. The Labute approximate surface area is 136 Å². The summed E-state index contributed by atoms with van der Waals surface area (Å²) in [6, 6.07) is 22.5. The number of amides is 1. The number of fused-ring (bicyclic) bond motifs is 1. The molecule has 2 heteroatoms. The molecule has 0 radical (unpaired) electrons. The van der Waals surface area contributed by atoms with Gasteiger partial charge >= 0.3 is 0 Å². The second-order valence-electron chi connectivity index (χ2n) is 6.43. The molecule has 114 valence electrons. The molecule has 23 heavy (non-hydrogen) atoms. The largest absolute Gasteiger partial charge is 0.342 e. The summed E-state index contributed by atoms with van der Waals surface area (Å²) < 4.78 is 0. The lowest BCUT2D eigenvalue weighted by Gasteiger charge is -2.20. The van der Waals surface area contributed by atoms with E-state index in [-0.39, 0.29) is 11.4 Å². The number of hydrogen-bond acceptors (Lipinski definition) is 1. The molecule has 1 N–H and O–H groups in total. The number of rotatable bonds is 3. The molecule has 0 saturated heterocycles. The lowest BCUT2D eigenvalue weighted by Crippen LogP contribution is -2.35. The minimum Gasteiger partial charge on any atom is -0.342 e. The van der Waals surface area contributed by atoms with Crippen molar-refractivity contribution >= 4 is 16.7 Å². The highest BCUT2D eigenvalue weighted by Crippen LogP contribution is 2.48. The van der Waals surface area contributed by atoms with Crippen LogP contribution in [0.1, 0.15) is 34.3 Å². The van der Waals surface area contributed by atoms with Crippen molar-refractivity contribution in [1.82, 2.24) is 5.32 Å². The third-order valence-electron chi connectivity index (χ3n) is 4.69. The Balaban J connectivity index is 1.69. The molecule has 0 heterocycles. The van der Waals surface area contributed by atoms with Crippen molar-refractivity contribution in [2.75, 3.05) is 0 Å². The summed E-state index contributed by atoms with van der Waals surface area (Å²) in [5.74, 6) is 0.0131. The van der Waals surface area contributed by atoms with E-state index in [0.29, 0.717) is 0 Å². The highest BCUT2D eigenvalue weighted by Gasteiger charge is 2.46. The maximum atomic E-state index is 12.7. The van der Waals surface area contributed by atoms with Crippen molar-refractivity contribution in [3.05, 3.63) is 83.4 Å². The molecule has 0 unspecified atom stereocenters. The Bertz CT molecular complexity index is 888. The molecule has 0 bridgehead atoms. The predicted octanol–water partition coefficient (Wildman–Crippen LogP) is 4.57. The number of carbonyl (C=O) groups is 1. The smallest absolute Gasteiger partial charge is 0.251 e. The van der Waals surface area contributed by atoms with Gasteiger partial charge in [0.25, 0.3) is 5.91 Å². The van der Waals surface area contributed by atoms with Crippen LogP contribution in [-0.2, 0) is 5.54 Å². The highest BCUT2D eigenvalue weighted by atomic mass is 16.1. The van der Waals surface area contributed by atoms with Gasteiger partial charge in [-0.2, -0.15) is 0 Å². The second-order valence-corrected chi connectivity index (χ2v) is 6.43. The lowest BCUT2D eigenvalue weighted by atomic mass is 9.96. The van der Waals surface area contributed by atoms with Gasteiger partial charge in [0.1, 0.15) is 0 Å². The van der Waals surface area contributed by atoms with Gasteiger partial charge in [-0.15, -0.1) is 0 Å². The highest BCUT2D eigenvalue weighted by molar-refractivity contribution is 5.96. The number of hydrogen-bond donors (Lipinski definition) is 1. The third-order valence-corrected chi connectivity index (χ3v) is 4.69. The average molecular weight is 301 g/mol. The van der Waals surface area contributed by atoms with Gasteiger partial charge in [-0.1, -0.05) is 60.2 Å². The molecule has 0 spiro atoms. The van der Waals surface area contributed by atoms with Crippen LogP contribution in [-0.4, -0.2) is 5.91 Å². The van der Waals surface area contributed by atoms with Crippen LogP contribution in [0.3, 0.4) is 0 Å². The zero-order valence-corrected chi connectivity index (χ0v) is 13.2. The van der Waals surface area contributed by atoms with E-state index in [1.165, 1.54) is 16.3 Å². The first-order valence-corrected chi connectivity index (χ1v) is 8.05. The van der Waals surface area contributed by atoms with E-state index >= 15 is 0 Å². The normalized spacial score (nSPS) is 15.3. The van der Waals surface area contributed by atoms with Gasteiger partial charge in [-0.05, 0) is 48.2 Å². The first kappa shape index (κ1) is 14.0. The number of benzene rings is 3. The van der Waals surface area contributed by atoms with Crippen LogP contribution < -0.4 is 5.32 Å². The summed E-state index contributed by atoms with van der Waals surface area (Å²) in [7, 11) is 0. The zero-order valence-electron chi connectivity index (χ0n) is 13.2. The van der Waals surface area contributed by atoms with Gasteiger partial charge in [0.15, 0.2) is 0 Å². The fourth-order valence-corrected chi connectivity index (χ4v) is 3.31. The standard InChI is InChI=1S/C21H19NO/c1-15-6-4-9-17(14-15)20(23)22-21(12-13-21)19-11-5-8-16-7-2-3-10-18(16)19/h2-11,14H,12-13H2,1H3,(H,22,23).